The summed E-state index contributed by atoms with van der Waals surface area (Å²) in [5.74, 6) is -0.129. The molecule has 1 aliphatic heterocycles. The number of benzene rings is 3. The molecule has 0 radical (unpaired) electrons. The van der Waals surface area contributed by atoms with Crippen LogP contribution in [0, 0.1) is 0 Å². The second-order valence-corrected chi connectivity index (χ2v) is 9.60. The number of ether oxygens (including phenoxy) is 3. The van der Waals surface area contributed by atoms with Crippen molar-refractivity contribution in [1.29, 1.82) is 0 Å². The highest BCUT2D eigenvalue weighted by atomic mass is 32.2. The number of aliphatic imine (C=N–C) groups is 1. The molecule has 1 atom stereocenters. The number of methoxy groups -OCH3 is 3. The number of thioether (sulfide) groups is 1. The fraction of sp³-hybridized carbons (Fsp3) is 0.172. The Kier molecular flexibility index (Phi) is 8.67. The maximum Gasteiger partial charge on any atom is 0.339 e. The molecule has 0 bridgehead atoms. The second-order valence-electron chi connectivity index (χ2n) is 8.29. The molecule has 3 aromatic carbocycles. The van der Waals surface area contributed by atoms with Gasteiger partial charge in [0.25, 0.3) is 5.91 Å². The van der Waals surface area contributed by atoms with Gasteiger partial charge in [-0.1, -0.05) is 42.1 Å². The van der Waals surface area contributed by atoms with Crippen LogP contribution in [0.4, 0.5) is 11.4 Å². The number of anilines is 2. The molecule has 1 unspecified atom stereocenters. The molecule has 0 saturated heterocycles. The van der Waals surface area contributed by atoms with E-state index in [9.17, 15) is 14.4 Å². The molecular formula is C29H27N3O6S. The van der Waals surface area contributed by atoms with E-state index in [4.69, 9.17) is 14.2 Å². The topological polar surface area (TPSA) is 107 Å². The number of hydrogen-bond acceptors (Lipinski definition) is 8. The number of amides is 2. The first kappa shape index (κ1) is 27.5. The van der Waals surface area contributed by atoms with Crippen molar-refractivity contribution in [1.82, 2.24) is 0 Å². The maximum atomic E-state index is 13.6. The lowest BCUT2D eigenvalue weighted by molar-refractivity contribution is -0.115. The van der Waals surface area contributed by atoms with Crippen molar-refractivity contribution in [2.45, 2.75) is 12.2 Å². The summed E-state index contributed by atoms with van der Waals surface area (Å²) in [5, 5.41) is 2.46. The number of hydrogen-bond donors (Lipinski definition) is 1. The zero-order valence-corrected chi connectivity index (χ0v) is 22.7. The SMILES string of the molecule is COC(=O)c1ccccc1NC(=O)C(C)SC1=N/C(=C/c2ccc(OC)cc2OC)C(=O)N1c1ccccc1. The summed E-state index contributed by atoms with van der Waals surface area (Å²) >= 11 is 1.13. The minimum absolute atomic E-state index is 0.188. The predicted octanol–water partition coefficient (Wildman–Crippen LogP) is 4.99. The standard InChI is InChI=1S/C29H27N3O6S/c1-18(26(33)30-23-13-9-8-12-22(23)28(35)38-4)39-29-31-24(27(34)32(29)20-10-6-5-7-11-20)16-19-14-15-21(36-2)17-25(19)37-3/h5-18H,1-4H3,(H,30,33)/b24-16+. The Balaban J connectivity index is 1.64. The Morgan fingerprint density at radius 2 is 1.69 bits per heavy atom. The number of amidine groups is 1. The highest BCUT2D eigenvalue weighted by Crippen LogP contribution is 2.33. The lowest BCUT2D eigenvalue weighted by Gasteiger charge is -2.20. The summed E-state index contributed by atoms with van der Waals surface area (Å²) in [6, 6.07) is 20.9. The van der Waals surface area contributed by atoms with Gasteiger partial charge in [0.2, 0.25) is 5.91 Å². The Morgan fingerprint density at radius 3 is 2.38 bits per heavy atom. The average molecular weight is 546 g/mol. The fourth-order valence-electron chi connectivity index (χ4n) is 3.79. The molecule has 4 rings (SSSR count). The van der Waals surface area contributed by atoms with Crippen LogP contribution in [0.25, 0.3) is 6.08 Å². The molecule has 9 nitrogen and oxygen atoms in total. The van der Waals surface area contributed by atoms with Crippen LogP contribution in [0.2, 0.25) is 0 Å². The van der Waals surface area contributed by atoms with Crippen molar-refractivity contribution in [3.05, 3.63) is 89.6 Å². The number of nitrogens with zero attached hydrogens (tertiary/aromatic N) is 2. The third-order valence-electron chi connectivity index (χ3n) is 5.82. The molecule has 3 aromatic rings. The van der Waals surface area contributed by atoms with Gasteiger partial charge >= 0.3 is 5.97 Å². The molecule has 0 spiro atoms. The minimum Gasteiger partial charge on any atom is -0.497 e. The Hall–Kier alpha value is -4.57. The number of rotatable bonds is 8. The molecule has 0 aliphatic carbocycles. The normalized spacial score (nSPS) is 14.6. The zero-order valence-electron chi connectivity index (χ0n) is 21.8. The lowest BCUT2D eigenvalue weighted by atomic mass is 10.1. The number of carbonyl (C=O) groups is 3. The molecule has 0 saturated carbocycles. The highest BCUT2D eigenvalue weighted by molar-refractivity contribution is 8.15. The van der Waals surface area contributed by atoms with Gasteiger partial charge in [-0.3, -0.25) is 14.5 Å². The smallest absolute Gasteiger partial charge is 0.339 e. The van der Waals surface area contributed by atoms with Crippen LogP contribution in [-0.2, 0) is 14.3 Å². The number of esters is 1. The summed E-state index contributed by atoms with van der Waals surface area (Å²) < 4.78 is 15.5. The van der Waals surface area contributed by atoms with E-state index in [2.05, 4.69) is 10.3 Å². The Bertz CT molecular complexity index is 1450. The Labute approximate surface area is 230 Å². The second kappa shape index (κ2) is 12.3. The van der Waals surface area contributed by atoms with Crippen LogP contribution >= 0.6 is 11.8 Å². The van der Waals surface area contributed by atoms with E-state index in [0.717, 1.165) is 11.8 Å². The molecule has 0 aromatic heterocycles. The number of nitrogens with one attached hydrogen (secondary N) is 1. The fourth-order valence-corrected chi connectivity index (χ4v) is 4.72. The molecular weight excluding hydrogens is 518 g/mol. The molecule has 1 N–H and O–H groups in total. The summed E-state index contributed by atoms with van der Waals surface area (Å²) in [5.41, 5.74) is 2.02. The summed E-state index contributed by atoms with van der Waals surface area (Å²) in [4.78, 5) is 44.8. The molecule has 10 heteroatoms. The van der Waals surface area contributed by atoms with Crippen molar-refractivity contribution in [2.24, 2.45) is 4.99 Å². The summed E-state index contributed by atoms with van der Waals surface area (Å²) in [7, 11) is 4.37. The lowest BCUT2D eigenvalue weighted by Crippen LogP contribution is -2.33. The van der Waals surface area contributed by atoms with Crippen molar-refractivity contribution in [3.63, 3.8) is 0 Å². The largest absolute Gasteiger partial charge is 0.497 e. The van der Waals surface area contributed by atoms with E-state index in [1.807, 2.05) is 18.2 Å². The van der Waals surface area contributed by atoms with Crippen LogP contribution < -0.4 is 19.7 Å². The Morgan fingerprint density at radius 1 is 0.974 bits per heavy atom. The number of carbonyl (C=O) groups excluding carboxylic acids is 3. The zero-order chi connectivity index (χ0) is 27.9. The van der Waals surface area contributed by atoms with Crippen LogP contribution in [0.1, 0.15) is 22.8 Å². The molecule has 39 heavy (non-hydrogen) atoms. The van der Waals surface area contributed by atoms with Gasteiger partial charge in [-0.25, -0.2) is 9.79 Å². The quantitative estimate of drug-likeness (QED) is 0.314. The minimum atomic E-state index is -0.664. The van der Waals surface area contributed by atoms with Crippen LogP contribution in [0.15, 0.2) is 83.5 Å². The summed E-state index contributed by atoms with van der Waals surface area (Å²) in [6.07, 6.45) is 1.64. The first-order valence-electron chi connectivity index (χ1n) is 11.9. The maximum absolute atomic E-state index is 13.6. The van der Waals surface area contributed by atoms with Crippen molar-refractivity contribution in [2.75, 3.05) is 31.5 Å². The molecule has 1 heterocycles. The first-order chi connectivity index (χ1) is 18.9. The number of para-hydroxylation sites is 2. The van der Waals surface area contributed by atoms with Gasteiger partial charge in [-0.05, 0) is 49.4 Å². The first-order valence-corrected chi connectivity index (χ1v) is 12.8. The predicted molar refractivity (Wildman–Crippen MR) is 152 cm³/mol. The average Bonchev–Trinajstić information content (AvgIpc) is 3.27. The molecule has 0 fully saturated rings. The van der Waals surface area contributed by atoms with E-state index in [1.165, 1.54) is 19.1 Å². The van der Waals surface area contributed by atoms with E-state index in [-0.39, 0.29) is 23.1 Å². The molecule has 2 amide bonds. The van der Waals surface area contributed by atoms with Crippen molar-refractivity contribution < 1.29 is 28.6 Å². The molecule has 200 valence electrons. The van der Waals surface area contributed by atoms with E-state index >= 15 is 0 Å². The monoisotopic (exact) mass is 545 g/mol. The third-order valence-corrected chi connectivity index (χ3v) is 6.87. The van der Waals surface area contributed by atoms with Gasteiger partial charge < -0.3 is 19.5 Å². The van der Waals surface area contributed by atoms with Crippen LogP contribution in [0.5, 0.6) is 11.5 Å². The van der Waals surface area contributed by atoms with Gasteiger partial charge in [0.1, 0.15) is 17.2 Å². The van der Waals surface area contributed by atoms with Gasteiger partial charge in [0.15, 0.2) is 5.17 Å². The van der Waals surface area contributed by atoms with Gasteiger partial charge in [-0.2, -0.15) is 0 Å². The van der Waals surface area contributed by atoms with E-state index in [1.54, 1.807) is 74.7 Å². The van der Waals surface area contributed by atoms with Crippen molar-refractivity contribution >= 4 is 52.2 Å². The van der Waals surface area contributed by atoms with E-state index in [0.29, 0.717) is 33.6 Å². The van der Waals surface area contributed by atoms with Gasteiger partial charge in [0, 0.05) is 11.6 Å². The van der Waals surface area contributed by atoms with Crippen molar-refractivity contribution in [3.8, 4) is 11.5 Å². The van der Waals surface area contributed by atoms with E-state index < -0.39 is 11.2 Å². The van der Waals surface area contributed by atoms with Gasteiger partial charge in [0.05, 0.1) is 43.5 Å². The van der Waals surface area contributed by atoms with Crippen LogP contribution in [-0.4, -0.2) is 49.5 Å². The third kappa shape index (κ3) is 6.12. The summed E-state index contributed by atoms with van der Waals surface area (Å²) in [6.45, 7) is 1.70. The molecule has 1 aliphatic rings. The van der Waals surface area contributed by atoms with Crippen LogP contribution in [0.3, 0.4) is 0 Å². The highest BCUT2D eigenvalue weighted by Gasteiger charge is 2.34. The van der Waals surface area contributed by atoms with Gasteiger partial charge in [-0.15, -0.1) is 0 Å².